The lowest BCUT2D eigenvalue weighted by Gasteiger charge is -2.28. The number of urea groups is 1. The lowest BCUT2D eigenvalue weighted by Crippen LogP contribution is -2.41. The molecule has 4 aromatic rings. The second-order valence-electron chi connectivity index (χ2n) is 8.06. The Hall–Kier alpha value is -4.66. The van der Waals surface area contributed by atoms with Crippen molar-refractivity contribution in [1.29, 1.82) is 0 Å². The van der Waals surface area contributed by atoms with Gasteiger partial charge in [0.15, 0.2) is 0 Å². The molecule has 0 unspecified atom stereocenters. The van der Waals surface area contributed by atoms with Gasteiger partial charge in [0.2, 0.25) is 0 Å². The average molecular weight is 471 g/mol. The first kappa shape index (κ1) is 22.1. The minimum Gasteiger partial charge on any atom is -0.457 e. The zero-order valence-electron chi connectivity index (χ0n) is 18.6. The van der Waals surface area contributed by atoms with Gasteiger partial charge in [-0.1, -0.05) is 30.3 Å². The van der Waals surface area contributed by atoms with E-state index in [0.717, 1.165) is 5.75 Å². The molecule has 9 heteroatoms. The largest absolute Gasteiger partial charge is 0.457 e. The average Bonchev–Trinajstić information content (AvgIpc) is 3.25. The summed E-state index contributed by atoms with van der Waals surface area (Å²) >= 11 is 0. The van der Waals surface area contributed by atoms with Crippen LogP contribution in [0.3, 0.4) is 0 Å². The molecule has 5 rings (SSSR count). The molecule has 0 spiro atoms. The second kappa shape index (κ2) is 9.30. The number of anilines is 1. The number of para-hydroxylation sites is 1. The summed E-state index contributed by atoms with van der Waals surface area (Å²) in [5, 5.41) is 7.35. The van der Waals surface area contributed by atoms with Gasteiger partial charge in [-0.15, -0.1) is 0 Å². The van der Waals surface area contributed by atoms with E-state index in [-0.39, 0.29) is 18.1 Å². The number of hydrogen-bond donors (Lipinski definition) is 2. The van der Waals surface area contributed by atoms with Gasteiger partial charge in [-0.3, -0.25) is 9.48 Å². The molecule has 2 heterocycles. The number of nitrogens with zero attached hydrogens (tertiary/aromatic N) is 3. The highest BCUT2D eigenvalue weighted by atomic mass is 19.1. The smallest absolute Gasteiger partial charge is 0.322 e. The van der Waals surface area contributed by atoms with Crippen molar-refractivity contribution in [3.63, 3.8) is 0 Å². The van der Waals surface area contributed by atoms with Crippen LogP contribution in [0.25, 0.3) is 11.3 Å². The molecule has 35 heavy (non-hydrogen) atoms. The Morgan fingerprint density at radius 3 is 2.40 bits per heavy atom. The van der Waals surface area contributed by atoms with Crippen molar-refractivity contribution in [1.82, 2.24) is 14.7 Å². The normalized spacial score (nSPS) is 12.7. The molecule has 1 aliphatic rings. The third kappa shape index (κ3) is 4.70. The standard InChI is InChI=1S/C26H22FN5O3/c27-18-6-4-5-17(15-18)24-23(25(28)33)22-16-31(13-14-32(22)30-24)26(34)29-19-9-11-21(12-10-19)35-20-7-2-1-3-8-20/h1-12,15H,13-14,16H2,(H2,28,33)(H,29,34). The number of nitrogens with two attached hydrogens (primary N) is 1. The van der Waals surface area contributed by atoms with Crippen LogP contribution in [0.15, 0.2) is 78.9 Å². The SMILES string of the molecule is NC(=O)c1c(-c2cccc(F)c2)nn2c1CN(C(=O)Nc1ccc(Oc3ccccc3)cc1)CC2. The highest BCUT2D eigenvalue weighted by Crippen LogP contribution is 2.29. The quantitative estimate of drug-likeness (QED) is 0.443. The number of ether oxygens (including phenoxy) is 1. The van der Waals surface area contributed by atoms with Gasteiger partial charge in [0.05, 0.1) is 24.3 Å². The lowest BCUT2D eigenvalue weighted by molar-refractivity contribution is 0.0997. The van der Waals surface area contributed by atoms with Crippen LogP contribution in [0.1, 0.15) is 16.1 Å². The Morgan fingerprint density at radius 1 is 0.943 bits per heavy atom. The number of nitrogens with one attached hydrogen (secondary N) is 1. The van der Waals surface area contributed by atoms with E-state index in [4.69, 9.17) is 10.5 Å². The van der Waals surface area contributed by atoms with E-state index in [1.165, 1.54) is 12.1 Å². The number of aromatic nitrogens is 2. The topological polar surface area (TPSA) is 102 Å². The van der Waals surface area contributed by atoms with Crippen LogP contribution in [0.5, 0.6) is 11.5 Å². The van der Waals surface area contributed by atoms with Crippen molar-refractivity contribution < 1.29 is 18.7 Å². The third-order valence-corrected chi connectivity index (χ3v) is 5.70. The van der Waals surface area contributed by atoms with Crippen molar-refractivity contribution in [3.8, 4) is 22.8 Å². The molecular weight excluding hydrogens is 449 g/mol. The summed E-state index contributed by atoms with van der Waals surface area (Å²) < 4.78 is 21.2. The minimum absolute atomic E-state index is 0.141. The van der Waals surface area contributed by atoms with Gasteiger partial charge in [-0.25, -0.2) is 9.18 Å². The van der Waals surface area contributed by atoms with Crippen molar-refractivity contribution in [2.24, 2.45) is 5.73 Å². The molecule has 0 bridgehead atoms. The highest BCUT2D eigenvalue weighted by Gasteiger charge is 2.29. The van der Waals surface area contributed by atoms with Gasteiger partial charge in [0.1, 0.15) is 23.0 Å². The van der Waals surface area contributed by atoms with Crippen LogP contribution in [-0.2, 0) is 13.1 Å². The molecule has 0 aliphatic carbocycles. The van der Waals surface area contributed by atoms with Crippen molar-refractivity contribution >= 4 is 17.6 Å². The predicted octanol–water partition coefficient (Wildman–Crippen LogP) is 4.63. The Labute approximate surface area is 200 Å². The highest BCUT2D eigenvalue weighted by molar-refractivity contribution is 6.00. The predicted molar refractivity (Wildman–Crippen MR) is 129 cm³/mol. The number of carbonyl (C=O) groups is 2. The van der Waals surface area contributed by atoms with Crippen molar-refractivity contribution in [2.45, 2.75) is 13.1 Å². The number of benzene rings is 3. The maximum absolute atomic E-state index is 13.8. The first-order valence-electron chi connectivity index (χ1n) is 11.0. The molecule has 3 aromatic carbocycles. The van der Waals surface area contributed by atoms with Crippen LogP contribution in [0.4, 0.5) is 14.9 Å². The van der Waals surface area contributed by atoms with E-state index in [1.807, 2.05) is 30.3 Å². The van der Waals surface area contributed by atoms with Crippen LogP contribution < -0.4 is 15.8 Å². The number of carbonyl (C=O) groups excluding carboxylic acids is 2. The summed E-state index contributed by atoms with van der Waals surface area (Å²) in [6.07, 6.45) is 0. The number of fused-ring (bicyclic) bond motifs is 1. The summed E-state index contributed by atoms with van der Waals surface area (Å²) in [6.45, 7) is 0.903. The summed E-state index contributed by atoms with van der Waals surface area (Å²) in [5.74, 6) is 0.246. The maximum atomic E-state index is 13.8. The monoisotopic (exact) mass is 471 g/mol. The van der Waals surface area contributed by atoms with Crippen LogP contribution in [0.2, 0.25) is 0 Å². The fourth-order valence-electron chi connectivity index (χ4n) is 4.02. The van der Waals surface area contributed by atoms with E-state index in [9.17, 15) is 14.0 Å². The summed E-state index contributed by atoms with van der Waals surface area (Å²) in [5.41, 5.74) is 7.73. The fraction of sp³-hybridized carbons (Fsp3) is 0.115. The van der Waals surface area contributed by atoms with E-state index >= 15 is 0 Å². The fourth-order valence-corrected chi connectivity index (χ4v) is 4.02. The van der Waals surface area contributed by atoms with Gasteiger partial charge in [-0.05, 0) is 48.5 Å². The van der Waals surface area contributed by atoms with Crippen molar-refractivity contribution in [2.75, 3.05) is 11.9 Å². The Kier molecular flexibility index (Phi) is 5.88. The first-order valence-corrected chi connectivity index (χ1v) is 11.0. The molecule has 8 nitrogen and oxygen atoms in total. The zero-order chi connectivity index (χ0) is 24.4. The number of hydrogen-bond acceptors (Lipinski definition) is 4. The van der Waals surface area contributed by atoms with Crippen molar-refractivity contribution in [3.05, 3.63) is 95.9 Å². The Bertz CT molecular complexity index is 1390. The van der Waals surface area contributed by atoms with E-state index < -0.39 is 11.7 Å². The molecule has 3 amide bonds. The summed E-state index contributed by atoms with van der Waals surface area (Å²) in [7, 11) is 0. The lowest BCUT2D eigenvalue weighted by atomic mass is 10.0. The van der Waals surface area contributed by atoms with E-state index in [1.54, 1.807) is 46.0 Å². The number of primary amides is 1. The molecule has 0 fully saturated rings. The molecule has 3 N–H and O–H groups in total. The number of amides is 3. The first-order chi connectivity index (χ1) is 17.0. The Morgan fingerprint density at radius 2 is 1.69 bits per heavy atom. The van der Waals surface area contributed by atoms with E-state index in [0.29, 0.717) is 41.5 Å². The molecule has 0 atom stereocenters. The summed E-state index contributed by atoms with van der Waals surface area (Å²) in [6, 6.07) is 21.9. The zero-order valence-corrected chi connectivity index (χ0v) is 18.6. The van der Waals surface area contributed by atoms with Gasteiger partial charge in [0, 0.05) is 17.8 Å². The third-order valence-electron chi connectivity index (χ3n) is 5.70. The number of halogens is 1. The maximum Gasteiger partial charge on any atom is 0.322 e. The molecule has 1 aromatic heterocycles. The molecule has 0 radical (unpaired) electrons. The van der Waals surface area contributed by atoms with Crippen LogP contribution in [0, 0.1) is 5.82 Å². The molecule has 0 saturated heterocycles. The van der Waals surface area contributed by atoms with Gasteiger partial charge >= 0.3 is 6.03 Å². The Balaban J connectivity index is 1.31. The number of rotatable bonds is 5. The summed E-state index contributed by atoms with van der Waals surface area (Å²) in [4.78, 5) is 26.8. The minimum atomic E-state index is -0.679. The second-order valence-corrected chi connectivity index (χ2v) is 8.06. The molecular formula is C26H22FN5O3. The van der Waals surface area contributed by atoms with Gasteiger partial charge < -0.3 is 20.7 Å². The van der Waals surface area contributed by atoms with Crippen LogP contribution in [-0.4, -0.2) is 33.2 Å². The van der Waals surface area contributed by atoms with E-state index in [2.05, 4.69) is 10.4 Å². The van der Waals surface area contributed by atoms with Gasteiger partial charge in [-0.2, -0.15) is 5.10 Å². The van der Waals surface area contributed by atoms with Gasteiger partial charge in [0.25, 0.3) is 5.91 Å². The molecule has 1 aliphatic heterocycles. The molecule has 176 valence electrons. The van der Waals surface area contributed by atoms with Crippen LogP contribution >= 0.6 is 0 Å². The molecule has 0 saturated carbocycles.